The molecule has 1 amide bonds. The average Bonchev–Trinajstić information content (AvgIpc) is 2.69. The number of amides is 1. The molecule has 9 heteroatoms. The van der Waals surface area contributed by atoms with Crippen LogP contribution >= 0.6 is 11.6 Å². The molecule has 30 heavy (non-hydrogen) atoms. The Balaban J connectivity index is 2.06. The zero-order valence-electron chi connectivity index (χ0n) is 17.5. The third kappa shape index (κ3) is 6.10. The van der Waals surface area contributed by atoms with Gasteiger partial charge >= 0.3 is 0 Å². The van der Waals surface area contributed by atoms with Crippen LogP contribution in [0.1, 0.15) is 32.4 Å². The van der Waals surface area contributed by atoms with Gasteiger partial charge in [0.15, 0.2) is 11.5 Å². The number of nitrogens with zero attached hydrogens (tertiary/aromatic N) is 1. The first-order chi connectivity index (χ1) is 14.2. The molecular weight excluding hydrogens is 428 g/mol. The van der Waals surface area contributed by atoms with E-state index in [-0.39, 0.29) is 17.5 Å². The zero-order valence-corrected chi connectivity index (χ0v) is 19.1. The van der Waals surface area contributed by atoms with Crippen LogP contribution in [0.15, 0.2) is 47.4 Å². The molecule has 0 saturated heterocycles. The molecule has 0 aliphatic carbocycles. The van der Waals surface area contributed by atoms with Gasteiger partial charge in [-0.2, -0.15) is 4.31 Å². The van der Waals surface area contributed by atoms with Crippen LogP contribution in [0.3, 0.4) is 0 Å². The standard InChI is InChI=1S/C21H27ClN2O5S/c1-5-28-19-12-7-16(13-20(19)29-6-2)15(3)23-21(25)14-24(4)30(26,27)18-10-8-17(22)9-11-18/h7-13,15H,5-6,14H2,1-4H3,(H,23,25)/t15-/m1/s1. The number of carbonyl (C=O) groups excluding carboxylic acids is 1. The van der Waals surface area contributed by atoms with Gasteiger partial charge in [0.2, 0.25) is 15.9 Å². The Labute approximate surface area is 183 Å². The fourth-order valence-electron chi connectivity index (χ4n) is 2.78. The number of hydrogen-bond donors (Lipinski definition) is 1. The van der Waals surface area contributed by atoms with Gasteiger partial charge in [0.1, 0.15) is 0 Å². The minimum absolute atomic E-state index is 0.0723. The first-order valence-electron chi connectivity index (χ1n) is 9.59. The second-order valence-electron chi connectivity index (χ2n) is 6.58. The predicted octanol–water partition coefficient (Wildman–Crippen LogP) is 3.64. The Hall–Kier alpha value is -2.29. The highest BCUT2D eigenvalue weighted by Gasteiger charge is 2.23. The molecule has 0 aromatic heterocycles. The molecule has 0 aliphatic rings. The summed E-state index contributed by atoms with van der Waals surface area (Å²) in [5.74, 6) is 0.810. The van der Waals surface area contributed by atoms with Crippen LogP contribution in [0.2, 0.25) is 5.02 Å². The molecule has 0 bridgehead atoms. The number of ether oxygens (including phenoxy) is 2. The number of sulfonamides is 1. The molecule has 0 radical (unpaired) electrons. The molecule has 1 atom stereocenters. The van der Waals surface area contributed by atoms with Crippen molar-refractivity contribution in [2.24, 2.45) is 0 Å². The summed E-state index contributed by atoms with van der Waals surface area (Å²) in [6, 6.07) is 10.9. The quantitative estimate of drug-likeness (QED) is 0.592. The van der Waals surface area contributed by atoms with Crippen molar-refractivity contribution in [2.45, 2.75) is 31.7 Å². The topological polar surface area (TPSA) is 84.9 Å². The highest BCUT2D eigenvalue weighted by molar-refractivity contribution is 7.89. The van der Waals surface area contributed by atoms with E-state index in [0.29, 0.717) is 29.7 Å². The number of hydrogen-bond acceptors (Lipinski definition) is 5. The van der Waals surface area contributed by atoms with Gasteiger partial charge in [0.05, 0.1) is 30.7 Å². The molecular formula is C21H27ClN2O5S. The highest BCUT2D eigenvalue weighted by atomic mass is 35.5. The molecule has 7 nitrogen and oxygen atoms in total. The third-order valence-electron chi connectivity index (χ3n) is 4.33. The van der Waals surface area contributed by atoms with Gasteiger partial charge in [-0.25, -0.2) is 8.42 Å². The molecule has 164 valence electrons. The Bertz CT molecular complexity index is 964. The monoisotopic (exact) mass is 454 g/mol. The van der Waals surface area contributed by atoms with Crippen molar-refractivity contribution < 1.29 is 22.7 Å². The molecule has 2 aromatic carbocycles. The van der Waals surface area contributed by atoms with E-state index >= 15 is 0 Å². The van der Waals surface area contributed by atoms with Gasteiger partial charge in [0, 0.05) is 12.1 Å². The van der Waals surface area contributed by atoms with Crippen LogP contribution in [-0.4, -0.2) is 45.4 Å². The van der Waals surface area contributed by atoms with Crippen molar-refractivity contribution in [2.75, 3.05) is 26.8 Å². The summed E-state index contributed by atoms with van der Waals surface area (Å²) < 4.78 is 37.4. The molecule has 0 aliphatic heterocycles. The molecule has 0 unspecified atom stereocenters. The maximum Gasteiger partial charge on any atom is 0.243 e. The number of halogens is 1. The molecule has 0 saturated carbocycles. The summed E-state index contributed by atoms with van der Waals surface area (Å²) in [4.78, 5) is 12.5. The largest absolute Gasteiger partial charge is 0.490 e. The summed E-state index contributed by atoms with van der Waals surface area (Å²) in [7, 11) is -2.44. The highest BCUT2D eigenvalue weighted by Crippen LogP contribution is 2.30. The van der Waals surface area contributed by atoms with Crippen molar-refractivity contribution in [1.82, 2.24) is 9.62 Å². The summed E-state index contributed by atoms with van der Waals surface area (Å²) in [6.07, 6.45) is 0. The number of likely N-dealkylation sites (N-methyl/N-ethyl adjacent to an activating group) is 1. The second-order valence-corrected chi connectivity index (χ2v) is 9.06. The normalized spacial score (nSPS) is 12.5. The number of rotatable bonds is 10. The van der Waals surface area contributed by atoms with E-state index in [4.69, 9.17) is 21.1 Å². The summed E-state index contributed by atoms with van der Waals surface area (Å²) in [6.45, 7) is 6.27. The molecule has 0 fully saturated rings. The minimum Gasteiger partial charge on any atom is -0.490 e. The average molecular weight is 455 g/mol. The van der Waals surface area contributed by atoms with Gasteiger partial charge in [-0.05, 0) is 62.7 Å². The fraction of sp³-hybridized carbons (Fsp3) is 0.381. The first kappa shape index (κ1) is 24.0. The van der Waals surface area contributed by atoms with Gasteiger partial charge in [0.25, 0.3) is 0 Å². The fourth-order valence-corrected chi connectivity index (χ4v) is 4.03. The van der Waals surface area contributed by atoms with Crippen molar-refractivity contribution in [3.8, 4) is 11.5 Å². The first-order valence-corrected chi connectivity index (χ1v) is 11.4. The molecule has 2 rings (SSSR count). The van der Waals surface area contributed by atoms with E-state index in [1.165, 1.54) is 31.3 Å². The smallest absolute Gasteiger partial charge is 0.243 e. The predicted molar refractivity (Wildman–Crippen MR) is 117 cm³/mol. The Kier molecular flexibility index (Phi) is 8.52. The van der Waals surface area contributed by atoms with E-state index in [1.807, 2.05) is 32.9 Å². The molecule has 0 heterocycles. The van der Waals surface area contributed by atoms with Crippen LogP contribution in [-0.2, 0) is 14.8 Å². The van der Waals surface area contributed by atoms with Crippen LogP contribution in [0.25, 0.3) is 0 Å². The molecule has 0 spiro atoms. The van der Waals surface area contributed by atoms with Crippen molar-refractivity contribution in [1.29, 1.82) is 0 Å². The van der Waals surface area contributed by atoms with Crippen molar-refractivity contribution in [3.05, 3.63) is 53.1 Å². The third-order valence-corrected chi connectivity index (χ3v) is 6.40. The van der Waals surface area contributed by atoms with E-state index in [2.05, 4.69) is 5.32 Å². The lowest BCUT2D eigenvalue weighted by molar-refractivity contribution is -0.121. The molecule has 2 aromatic rings. The van der Waals surface area contributed by atoms with Gasteiger partial charge < -0.3 is 14.8 Å². The van der Waals surface area contributed by atoms with Gasteiger partial charge in [-0.3, -0.25) is 4.79 Å². The minimum atomic E-state index is -3.80. The summed E-state index contributed by atoms with van der Waals surface area (Å²) in [5, 5.41) is 3.25. The second kappa shape index (κ2) is 10.7. The van der Waals surface area contributed by atoms with Crippen LogP contribution < -0.4 is 14.8 Å². The maximum atomic E-state index is 12.6. The lowest BCUT2D eigenvalue weighted by atomic mass is 10.1. The Morgan fingerprint density at radius 3 is 2.27 bits per heavy atom. The number of benzene rings is 2. The lowest BCUT2D eigenvalue weighted by Gasteiger charge is -2.20. The SMILES string of the molecule is CCOc1ccc([C@@H](C)NC(=O)CN(C)S(=O)(=O)c2ccc(Cl)cc2)cc1OCC. The summed E-state index contributed by atoms with van der Waals surface area (Å²) >= 11 is 5.81. The lowest BCUT2D eigenvalue weighted by Crippen LogP contribution is -2.39. The van der Waals surface area contributed by atoms with Crippen molar-refractivity contribution >= 4 is 27.5 Å². The molecule has 1 N–H and O–H groups in total. The zero-order chi connectivity index (χ0) is 22.3. The van der Waals surface area contributed by atoms with Gasteiger partial charge in [-0.1, -0.05) is 17.7 Å². The van der Waals surface area contributed by atoms with E-state index < -0.39 is 15.9 Å². The maximum absolute atomic E-state index is 12.6. The number of nitrogens with one attached hydrogen (secondary N) is 1. The van der Waals surface area contributed by atoms with Crippen molar-refractivity contribution in [3.63, 3.8) is 0 Å². The van der Waals surface area contributed by atoms with E-state index in [1.54, 1.807) is 6.07 Å². The van der Waals surface area contributed by atoms with Crippen LogP contribution in [0.4, 0.5) is 0 Å². The van der Waals surface area contributed by atoms with Crippen LogP contribution in [0.5, 0.6) is 11.5 Å². The number of carbonyl (C=O) groups is 1. The summed E-state index contributed by atoms with van der Waals surface area (Å²) in [5.41, 5.74) is 0.818. The Morgan fingerprint density at radius 1 is 1.07 bits per heavy atom. The van der Waals surface area contributed by atoms with E-state index in [0.717, 1.165) is 9.87 Å². The van der Waals surface area contributed by atoms with Crippen LogP contribution in [0, 0.1) is 0 Å². The van der Waals surface area contributed by atoms with Gasteiger partial charge in [-0.15, -0.1) is 0 Å². The Morgan fingerprint density at radius 2 is 1.67 bits per heavy atom. The van der Waals surface area contributed by atoms with E-state index in [9.17, 15) is 13.2 Å².